The van der Waals surface area contributed by atoms with E-state index in [1.165, 1.54) is 6.33 Å². The largest absolute Gasteiger partial charge is 0.389 e. The fourth-order valence-corrected chi connectivity index (χ4v) is 0.858. The Kier molecular flexibility index (Phi) is 2.83. The van der Waals surface area contributed by atoms with E-state index in [-0.39, 0.29) is 0 Å². The summed E-state index contributed by atoms with van der Waals surface area (Å²) in [5, 5.41) is 12.5. The molecule has 1 rings (SSSR count). The van der Waals surface area contributed by atoms with Crippen LogP contribution < -0.4 is 5.32 Å². The number of nitrogens with one attached hydrogen (secondary N) is 1. The molecular weight excluding hydrogens is 166 g/mol. The molecule has 1 heterocycles. The van der Waals surface area contributed by atoms with E-state index < -0.39 is 5.60 Å². The number of rotatable bonds is 3. The van der Waals surface area contributed by atoms with E-state index in [1.807, 2.05) is 13.0 Å². The van der Waals surface area contributed by atoms with Crippen LogP contribution in [0.25, 0.3) is 0 Å². The molecule has 0 saturated carbocycles. The summed E-state index contributed by atoms with van der Waals surface area (Å²) in [5.74, 6) is 0.745. The molecule has 0 aromatic carbocycles. The van der Waals surface area contributed by atoms with Crippen LogP contribution in [0.15, 0.2) is 12.4 Å². The Labute approximate surface area is 78.0 Å². The third-order valence-electron chi connectivity index (χ3n) is 1.51. The van der Waals surface area contributed by atoms with Crippen molar-refractivity contribution in [3.63, 3.8) is 0 Å². The van der Waals surface area contributed by atoms with Crippen molar-refractivity contribution in [1.29, 1.82) is 0 Å². The fraction of sp³-hybridized carbons (Fsp3) is 0.556. The lowest BCUT2D eigenvalue weighted by Gasteiger charge is -2.17. The van der Waals surface area contributed by atoms with Crippen molar-refractivity contribution in [2.24, 2.45) is 0 Å². The van der Waals surface area contributed by atoms with Gasteiger partial charge in [-0.2, -0.15) is 0 Å². The number of hydrogen-bond donors (Lipinski definition) is 2. The predicted molar refractivity (Wildman–Crippen MR) is 51.6 cm³/mol. The highest BCUT2D eigenvalue weighted by Gasteiger charge is 2.11. The maximum Gasteiger partial charge on any atom is 0.129 e. The van der Waals surface area contributed by atoms with Crippen LogP contribution in [0.4, 0.5) is 5.82 Å². The molecule has 13 heavy (non-hydrogen) atoms. The topological polar surface area (TPSA) is 58.0 Å². The second kappa shape index (κ2) is 3.70. The first-order valence-electron chi connectivity index (χ1n) is 4.22. The third-order valence-corrected chi connectivity index (χ3v) is 1.51. The quantitative estimate of drug-likeness (QED) is 0.729. The molecule has 0 atom stereocenters. The maximum absolute atomic E-state index is 9.44. The molecule has 0 amide bonds. The second-order valence-electron chi connectivity index (χ2n) is 3.71. The zero-order valence-corrected chi connectivity index (χ0v) is 8.20. The number of aromatic nitrogens is 2. The zero-order chi connectivity index (χ0) is 9.90. The summed E-state index contributed by atoms with van der Waals surface area (Å²) in [6.07, 6.45) is 1.50. The summed E-state index contributed by atoms with van der Waals surface area (Å²) >= 11 is 0. The second-order valence-corrected chi connectivity index (χ2v) is 3.71. The van der Waals surface area contributed by atoms with Crippen molar-refractivity contribution in [3.05, 3.63) is 18.1 Å². The van der Waals surface area contributed by atoms with Gasteiger partial charge in [0.25, 0.3) is 0 Å². The molecular formula is C9H15N3O. The average molecular weight is 181 g/mol. The Bertz CT molecular complexity index is 280. The van der Waals surface area contributed by atoms with Crippen molar-refractivity contribution in [1.82, 2.24) is 9.97 Å². The lowest BCUT2D eigenvalue weighted by atomic mass is 10.1. The third kappa shape index (κ3) is 3.85. The number of anilines is 1. The molecule has 1 aromatic rings. The van der Waals surface area contributed by atoms with E-state index >= 15 is 0 Å². The Hall–Kier alpha value is -1.16. The zero-order valence-electron chi connectivity index (χ0n) is 8.20. The lowest BCUT2D eigenvalue weighted by Crippen LogP contribution is -2.29. The summed E-state index contributed by atoms with van der Waals surface area (Å²) in [7, 11) is 0. The molecule has 0 fully saturated rings. The molecule has 0 bridgehead atoms. The van der Waals surface area contributed by atoms with Gasteiger partial charge in [-0.15, -0.1) is 0 Å². The fourth-order valence-electron chi connectivity index (χ4n) is 0.858. The smallest absolute Gasteiger partial charge is 0.129 e. The van der Waals surface area contributed by atoms with E-state index in [0.717, 1.165) is 11.5 Å². The molecule has 0 aliphatic rings. The summed E-state index contributed by atoms with van der Waals surface area (Å²) < 4.78 is 0. The SMILES string of the molecule is Cc1cc(NCC(C)(C)O)ncn1. The first kappa shape index (κ1) is 9.92. The Morgan fingerprint density at radius 2 is 2.15 bits per heavy atom. The summed E-state index contributed by atoms with van der Waals surface area (Å²) in [6.45, 7) is 5.86. The highest BCUT2D eigenvalue weighted by molar-refractivity contribution is 5.34. The van der Waals surface area contributed by atoms with Gasteiger partial charge >= 0.3 is 0 Å². The minimum atomic E-state index is -0.723. The highest BCUT2D eigenvalue weighted by atomic mass is 16.3. The van der Waals surface area contributed by atoms with Gasteiger partial charge in [0.1, 0.15) is 12.1 Å². The van der Waals surface area contributed by atoms with Crippen molar-refractivity contribution < 1.29 is 5.11 Å². The summed E-state index contributed by atoms with van der Waals surface area (Å²) in [4.78, 5) is 7.98. The van der Waals surface area contributed by atoms with Gasteiger partial charge in [-0.05, 0) is 20.8 Å². The molecule has 0 aliphatic carbocycles. The van der Waals surface area contributed by atoms with Gasteiger partial charge in [0, 0.05) is 18.3 Å². The number of aliphatic hydroxyl groups is 1. The Morgan fingerprint density at radius 3 is 2.69 bits per heavy atom. The monoisotopic (exact) mass is 181 g/mol. The number of aryl methyl sites for hydroxylation is 1. The van der Waals surface area contributed by atoms with Crippen LogP contribution in [-0.4, -0.2) is 27.2 Å². The highest BCUT2D eigenvalue weighted by Crippen LogP contribution is 2.06. The van der Waals surface area contributed by atoms with Crippen LogP contribution in [0.2, 0.25) is 0 Å². The Morgan fingerprint density at radius 1 is 1.46 bits per heavy atom. The van der Waals surface area contributed by atoms with Crippen molar-refractivity contribution in [2.75, 3.05) is 11.9 Å². The molecule has 2 N–H and O–H groups in total. The van der Waals surface area contributed by atoms with Gasteiger partial charge in [-0.1, -0.05) is 0 Å². The minimum absolute atomic E-state index is 0.476. The molecule has 72 valence electrons. The normalized spacial score (nSPS) is 11.4. The van der Waals surface area contributed by atoms with Crippen LogP contribution in [0.3, 0.4) is 0 Å². The summed E-state index contributed by atoms with van der Waals surface area (Å²) in [5.41, 5.74) is 0.187. The minimum Gasteiger partial charge on any atom is -0.389 e. The average Bonchev–Trinajstić information content (AvgIpc) is 2.00. The van der Waals surface area contributed by atoms with Crippen molar-refractivity contribution >= 4 is 5.82 Å². The van der Waals surface area contributed by atoms with E-state index in [1.54, 1.807) is 13.8 Å². The van der Waals surface area contributed by atoms with Crippen molar-refractivity contribution in [2.45, 2.75) is 26.4 Å². The van der Waals surface area contributed by atoms with Gasteiger partial charge in [-0.3, -0.25) is 0 Å². The maximum atomic E-state index is 9.44. The number of nitrogens with zero attached hydrogens (tertiary/aromatic N) is 2. The standard InChI is InChI=1S/C9H15N3O/c1-7-4-8(12-6-11-7)10-5-9(2,3)13/h4,6,13H,5H2,1-3H3,(H,10,11,12). The molecule has 4 nitrogen and oxygen atoms in total. The van der Waals surface area contributed by atoms with Crippen LogP contribution in [0, 0.1) is 6.92 Å². The van der Waals surface area contributed by atoms with E-state index in [9.17, 15) is 5.11 Å². The van der Waals surface area contributed by atoms with Gasteiger partial charge in [0.2, 0.25) is 0 Å². The lowest BCUT2D eigenvalue weighted by molar-refractivity contribution is 0.0944. The number of hydrogen-bond acceptors (Lipinski definition) is 4. The molecule has 0 radical (unpaired) electrons. The van der Waals surface area contributed by atoms with E-state index in [0.29, 0.717) is 6.54 Å². The molecule has 0 unspecified atom stereocenters. The summed E-state index contributed by atoms with van der Waals surface area (Å²) in [6, 6.07) is 1.84. The molecule has 0 aliphatic heterocycles. The molecule has 0 saturated heterocycles. The molecule has 1 aromatic heterocycles. The van der Waals surface area contributed by atoms with Gasteiger partial charge < -0.3 is 10.4 Å². The van der Waals surface area contributed by atoms with Crippen LogP contribution in [-0.2, 0) is 0 Å². The Balaban J connectivity index is 2.55. The van der Waals surface area contributed by atoms with Gasteiger partial charge in [0.05, 0.1) is 5.60 Å². The van der Waals surface area contributed by atoms with Crippen LogP contribution in [0.5, 0.6) is 0 Å². The first-order chi connectivity index (χ1) is 5.97. The van der Waals surface area contributed by atoms with Gasteiger partial charge in [-0.25, -0.2) is 9.97 Å². The van der Waals surface area contributed by atoms with Crippen LogP contribution >= 0.6 is 0 Å². The predicted octanol–water partition coefficient (Wildman–Crippen LogP) is 0.968. The molecule has 0 spiro atoms. The molecule has 4 heteroatoms. The van der Waals surface area contributed by atoms with E-state index in [2.05, 4.69) is 15.3 Å². The first-order valence-corrected chi connectivity index (χ1v) is 4.22. The van der Waals surface area contributed by atoms with Crippen molar-refractivity contribution in [3.8, 4) is 0 Å². The van der Waals surface area contributed by atoms with Crippen LogP contribution in [0.1, 0.15) is 19.5 Å². The van der Waals surface area contributed by atoms with E-state index in [4.69, 9.17) is 0 Å². The van der Waals surface area contributed by atoms with Gasteiger partial charge in [0.15, 0.2) is 0 Å².